The van der Waals surface area contributed by atoms with Crippen LogP contribution < -0.4 is 15.4 Å². The van der Waals surface area contributed by atoms with Crippen molar-refractivity contribution in [1.29, 1.82) is 0 Å². The summed E-state index contributed by atoms with van der Waals surface area (Å²) in [5, 5.41) is 6.08. The fraction of sp³-hybridized carbons (Fsp3) is 0.222. The standard InChI is InChI=1S/C18H18Cl2N2O3/c1-11-4-3-5-12(2)18(11)22-16(23)9-21-17(24)10-25-15-7-6-13(19)8-14(15)20/h3-8H,9-10H2,1-2H3,(H,21,24)(H,22,23). The normalized spacial score (nSPS) is 10.2. The first kappa shape index (κ1) is 19.1. The first-order valence-corrected chi connectivity index (χ1v) is 8.33. The lowest BCUT2D eigenvalue weighted by atomic mass is 10.1. The quantitative estimate of drug-likeness (QED) is 0.801. The van der Waals surface area contributed by atoms with Crippen LogP contribution in [0.15, 0.2) is 36.4 Å². The van der Waals surface area contributed by atoms with Crippen molar-refractivity contribution in [3.63, 3.8) is 0 Å². The summed E-state index contributed by atoms with van der Waals surface area (Å²) in [7, 11) is 0. The van der Waals surface area contributed by atoms with Crippen LogP contribution in [-0.2, 0) is 9.59 Å². The fourth-order valence-electron chi connectivity index (χ4n) is 2.16. The topological polar surface area (TPSA) is 67.4 Å². The average Bonchev–Trinajstić information content (AvgIpc) is 2.55. The van der Waals surface area contributed by atoms with Crippen LogP contribution in [0.25, 0.3) is 0 Å². The second-order valence-corrected chi connectivity index (χ2v) is 6.30. The van der Waals surface area contributed by atoms with E-state index >= 15 is 0 Å². The highest BCUT2D eigenvalue weighted by molar-refractivity contribution is 6.35. The molecule has 0 saturated heterocycles. The van der Waals surface area contributed by atoms with Gasteiger partial charge in [0.05, 0.1) is 11.6 Å². The van der Waals surface area contributed by atoms with Gasteiger partial charge < -0.3 is 15.4 Å². The van der Waals surface area contributed by atoms with Gasteiger partial charge in [0, 0.05) is 10.7 Å². The number of hydrogen-bond donors (Lipinski definition) is 2. The molecule has 0 unspecified atom stereocenters. The molecule has 0 radical (unpaired) electrons. The molecule has 2 amide bonds. The Morgan fingerprint density at radius 2 is 1.72 bits per heavy atom. The summed E-state index contributed by atoms with van der Waals surface area (Å²) < 4.78 is 5.31. The third kappa shape index (κ3) is 5.66. The van der Waals surface area contributed by atoms with Crippen molar-refractivity contribution in [1.82, 2.24) is 5.32 Å². The minimum Gasteiger partial charge on any atom is -0.482 e. The van der Waals surface area contributed by atoms with Crippen molar-refractivity contribution in [2.24, 2.45) is 0 Å². The number of hydrogen-bond acceptors (Lipinski definition) is 3. The molecule has 132 valence electrons. The molecule has 0 aliphatic rings. The van der Waals surface area contributed by atoms with Gasteiger partial charge in [-0.05, 0) is 43.2 Å². The van der Waals surface area contributed by atoms with Gasteiger partial charge in [0.1, 0.15) is 5.75 Å². The van der Waals surface area contributed by atoms with Crippen LogP contribution in [0.2, 0.25) is 10.0 Å². The third-order valence-corrected chi connectivity index (χ3v) is 3.97. The number of para-hydroxylation sites is 1. The van der Waals surface area contributed by atoms with Crippen molar-refractivity contribution in [2.75, 3.05) is 18.5 Å². The Kier molecular flexibility index (Phi) is 6.67. The van der Waals surface area contributed by atoms with E-state index in [0.717, 1.165) is 16.8 Å². The number of benzene rings is 2. The Morgan fingerprint density at radius 3 is 2.36 bits per heavy atom. The molecular weight excluding hydrogens is 363 g/mol. The summed E-state index contributed by atoms with van der Waals surface area (Å²) >= 11 is 11.7. The Balaban J connectivity index is 1.80. The van der Waals surface area contributed by atoms with Crippen LogP contribution in [0.3, 0.4) is 0 Å². The predicted molar refractivity (Wildman–Crippen MR) is 99.5 cm³/mol. The second kappa shape index (κ2) is 8.74. The molecule has 0 fully saturated rings. The average molecular weight is 381 g/mol. The van der Waals surface area contributed by atoms with Crippen molar-refractivity contribution in [3.05, 3.63) is 57.6 Å². The number of aryl methyl sites for hydroxylation is 2. The molecule has 0 bridgehead atoms. The van der Waals surface area contributed by atoms with E-state index in [-0.39, 0.29) is 19.1 Å². The number of anilines is 1. The Morgan fingerprint density at radius 1 is 1.04 bits per heavy atom. The summed E-state index contributed by atoms with van der Waals surface area (Å²) in [6, 6.07) is 10.4. The van der Waals surface area contributed by atoms with Crippen molar-refractivity contribution in [2.45, 2.75) is 13.8 Å². The smallest absolute Gasteiger partial charge is 0.258 e. The molecule has 2 aromatic carbocycles. The first-order chi connectivity index (χ1) is 11.9. The second-order valence-electron chi connectivity index (χ2n) is 5.46. The molecule has 0 spiro atoms. The van der Waals surface area contributed by atoms with Gasteiger partial charge in [-0.1, -0.05) is 41.4 Å². The lowest BCUT2D eigenvalue weighted by Gasteiger charge is -2.12. The van der Waals surface area contributed by atoms with Gasteiger partial charge in [-0.3, -0.25) is 9.59 Å². The maximum absolute atomic E-state index is 12.0. The number of amides is 2. The zero-order chi connectivity index (χ0) is 18.4. The van der Waals surface area contributed by atoms with Gasteiger partial charge in [0.25, 0.3) is 5.91 Å². The van der Waals surface area contributed by atoms with E-state index in [0.29, 0.717) is 15.8 Å². The maximum Gasteiger partial charge on any atom is 0.258 e. The Hall–Kier alpha value is -2.24. The van der Waals surface area contributed by atoms with Gasteiger partial charge >= 0.3 is 0 Å². The fourth-order valence-corrected chi connectivity index (χ4v) is 2.62. The highest BCUT2D eigenvalue weighted by Gasteiger charge is 2.10. The van der Waals surface area contributed by atoms with Crippen LogP contribution in [0.1, 0.15) is 11.1 Å². The molecule has 0 saturated carbocycles. The molecule has 25 heavy (non-hydrogen) atoms. The van der Waals surface area contributed by atoms with Gasteiger partial charge in [0.15, 0.2) is 6.61 Å². The SMILES string of the molecule is Cc1cccc(C)c1NC(=O)CNC(=O)COc1ccc(Cl)cc1Cl. The van der Waals surface area contributed by atoms with E-state index in [4.69, 9.17) is 27.9 Å². The summed E-state index contributed by atoms with van der Waals surface area (Å²) in [5.41, 5.74) is 2.67. The molecule has 0 aliphatic carbocycles. The minimum atomic E-state index is -0.428. The van der Waals surface area contributed by atoms with Crippen LogP contribution in [-0.4, -0.2) is 25.0 Å². The Labute approximate surface area is 156 Å². The monoisotopic (exact) mass is 380 g/mol. The van der Waals surface area contributed by atoms with E-state index in [2.05, 4.69) is 10.6 Å². The number of carbonyl (C=O) groups is 2. The molecule has 5 nitrogen and oxygen atoms in total. The summed E-state index contributed by atoms with van der Waals surface area (Å²) in [6.07, 6.45) is 0. The van der Waals surface area contributed by atoms with E-state index < -0.39 is 5.91 Å². The van der Waals surface area contributed by atoms with Crippen LogP contribution >= 0.6 is 23.2 Å². The number of ether oxygens (including phenoxy) is 1. The van der Waals surface area contributed by atoms with Crippen molar-refractivity contribution in [3.8, 4) is 5.75 Å². The van der Waals surface area contributed by atoms with Crippen molar-refractivity contribution < 1.29 is 14.3 Å². The molecule has 0 heterocycles. The molecule has 0 aliphatic heterocycles. The van der Waals surface area contributed by atoms with E-state index in [1.165, 1.54) is 6.07 Å². The van der Waals surface area contributed by atoms with E-state index in [1.54, 1.807) is 12.1 Å². The van der Waals surface area contributed by atoms with Crippen LogP contribution in [0, 0.1) is 13.8 Å². The van der Waals surface area contributed by atoms with Gasteiger partial charge in [-0.25, -0.2) is 0 Å². The highest BCUT2D eigenvalue weighted by atomic mass is 35.5. The predicted octanol–water partition coefficient (Wildman–Crippen LogP) is 3.74. The van der Waals surface area contributed by atoms with Gasteiger partial charge in [-0.2, -0.15) is 0 Å². The number of halogens is 2. The number of carbonyl (C=O) groups excluding carboxylic acids is 2. The number of rotatable bonds is 6. The van der Waals surface area contributed by atoms with E-state index in [1.807, 2.05) is 32.0 Å². The molecule has 0 aromatic heterocycles. The number of nitrogens with one attached hydrogen (secondary N) is 2. The van der Waals surface area contributed by atoms with E-state index in [9.17, 15) is 9.59 Å². The van der Waals surface area contributed by atoms with Gasteiger partial charge in [0.2, 0.25) is 5.91 Å². The summed E-state index contributed by atoms with van der Waals surface area (Å²) in [4.78, 5) is 23.8. The minimum absolute atomic E-state index is 0.148. The zero-order valence-electron chi connectivity index (χ0n) is 13.9. The zero-order valence-corrected chi connectivity index (χ0v) is 15.4. The molecular formula is C18H18Cl2N2O3. The molecule has 2 N–H and O–H groups in total. The van der Waals surface area contributed by atoms with Crippen LogP contribution in [0.4, 0.5) is 5.69 Å². The van der Waals surface area contributed by atoms with Crippen molar-refractivity contribution >= 4 is 40.7 Å². The molecule has 2 rings (SSSR count). The Bertz CT molecular complexity index is 774. The lowest BCUT2D eigenvalue weighted by molar-refractivity contribution is -0.125. The lowest BCUT2D eigenvalue weighted by Crippen LogP contribution is -2.36. The summed E-state index contributed by atoms with van der Waals surface area (Å²) in [6.45, 7) is 3.41. The van der Waals surface area contributed by atoms with Gasteiger partial charge in [-0.15, -0.1) is 0 Å². The summed E-state index contributed by atoms with van der Waals surface area (Å²) in [5.74, 6) is -0.390. The van der Waals surface area contributed by atoms with Crippen LogP contribution in [0.5, 0.6) is 5.75 Å². The molecule has 2 aromatic rings. The highest BCUT2D eigenvalue weighted by Crippen LogP contribution is 2.27. The third-order valence-electron chi connectivity index (χ3n) is 3.44. The first-order valence-electron chi connectivity index (χ1n) is 7.57. The maximum atomic E-state index is 12.0. The molecule has 0 atom stereocenters. The molecule has 7 heteroatoms. The largest absolute Gasteiger partial charge is 0.482 e.